The van der Waals surface area contributed by atoms with E-state index in [-0.39, 0.29) is 24.4 Å². The summed E-state index contributed by atoms with van der Waals surface area (Å²) in [4.78, 5) is 0. The molecule has 0 radical (unpaired) electrons. The Morgan fingerprint density at radius 2 is 0.941 bits per heavy atom. The van der Waals surface area contributed by atoms with Gasteiger partial charge in [-0.05, 0) is 89.9 Å². The van der Waals surface area contributed by atoms with Crippen LogP contribution in [0.2, 0.25) is 39.3 Å². The number of ether oxygens (including phenoxy) is 2. The molecule has 0 spiro atoms. The molecule has 0 saturated heterocycles. The van der Waals surface area contributed by atoms with E-state index in [0.717, 1.165) is 21.9 Å². The Balaban J connectivity index is 2.13. The summed E-state index contributed by atoms with van der Waals surface area (Å²) in [6.07, 6.45) is -0.164. The van der Waals surface area contributed by atoms with Gasteiger partial charge in [0.25, 0.3) is 0 Å². The minimum Gasteiger partial charge on any atom is -0.488 e. The van der Waals surface area contributed by atoms with E-state index >= 15 is 0 Å². The topological polar surface area (TPSA) is 36.9 Å². The molecule has 0 fully saturated rings. The normalized spacial score (nSPS) is 15.9. The molecule has 4 nitrogen and oxygen atoms in total. The number of fused-ring (bicyclic) bond motifs is 1. The number of hydrogen-bond acceptors (Lipinski definition) is 4. The van der Waals surface area contributed by atoms with Gasteiger partial charge >= 0.3 is 0 Å². The van der Waals surface area contributed by atoms with Gasteiger partial charge in [0.15, 0.2) is 16.6 Å². The predicted molar refractivity (Wildman–Crippen MR) is 151 cm³/mol. The van der Waals surface area contributed by atoms with E-state index in [1.54, 1.807) is 0 Å². The molecular weight excluding hydrogens is 456 g/mol. The lowest BCUT2D eigenvalue weighted by Crippen LogP contribution is -2.36. The van der Waals surface area contributed by atoms with Crippen molar-refractivity contribution in [3.8, 4) is 0 Å². The van der Waals surface area contributed by atoms with Crippen LogP contribution in [0.3, 0.4) is 0 Å². The highest BCUT2D eigenvalue weighted by Crippen LogP contribution is 2.27. The highest BCUT2D eigenvalue weighted by molar-refractivity contribution is 6.70. The fourth-order valence-electron chi connectivity index (χ4n) is 3.68. The van der Waals surface area contributed by atoms with Gasteiger partial charge in [-0.1, -0.05) is 37.4 Å². The Morgan fingerprint density at radius 1 is 0.588 bits per heavy atom. The van der Waals surface area contributed by atoms with Gasteiger partial charge in [0.05, 0.1) is 12.2 Å². The highest BCUT2D eigenvalue weighted by Gasteiger charge is 2.25. The van der Waals surface area contributed by atoms with E-state index in [0.29, 0.717) is 11.5 Å². The summed E-state index contributed by atoms with van der Waals surface area (Å²) < 4.78 is 24.6. The molecule has 0 saturated carbocycles. The first kappa shape index (κ1) is 28.4. The summed E-state index contributed by atoms with van der Waals surface area (Å²) in [5.41, 5.74) is 1.91. The average Bonchev–Trinajstić information content (AvgIpc) is 2.70. The van der Waals surface area contributed by atoms with Crippen molar-refractivity contribution in [3.05, 3.63) is 60.7 Å². The van der Waals surface area contributed by atoms with Crippen molar-refractivity contribution in [1.82, 2.24) is 0 Å². The van der Waals surface area contributed by atoms with E-state index in [2.05, 4.69) is 90.6 Å². The van der Waals surface area contributed by atoms with Crippen LogP contribution in [0.25, 0.3) is 22.3 Å². The number of hydrogen-bond donors (Lipinski definition) is 0. The van der Waals surface area contributed by atoms with Crippen LogP contribution < -0.4 is 0 Å². The first-order chi connectivity index (χ1) is 15.6. The molecule has 0 amide bonds. The molecule has 0 heterocycles. The first-order valence-electron chi connectivity index (χ1n) is 12.2. The van der Waals surface area contributed by atoms with Gasteiger partial charge in [0.1, 0.15) is 23.7 Å². The third-order valence-electron chi connectivity index (χ3n) is 5.54. The van der Waals surface area contributed by atoms with Crippen molar-refractivity contribution >= 4 is 38.9 Å². The maximum atomic E-state index is 6.17. The van der Waals surface area contributed by atoms with Crippen molar-refractivity contribution in [2.45, 2.75) is 91.4 Å². The van der Waals surface area contributed by atoms with Crippen molar-refractivity contribution in [1.29, 1.82) is 0 Å². The van der Waals surface area contributed by atoms with Gasteiger partial charge in [-0.3, -0.25) is 0 Å². The lowest BCUT2D eigenvalue weighted by molar-refractivity contribution is 0.0546. The van der Waals surface area contributed by atoms with Crippen LogP contribution in [0, 0.1) is 0 Å². The zero-order valence-electron chi connectivity index (χ0n) is 22.8. The molecule has 2 aromatic rings. The zero-order chi connectivity index (χ0) is 25.8. The lowest BCUT2D eigenvalue weighted by atomic mass is 10.0. The molecule has 0 N–H and O–H groups in total. The molecule has 34 heavy (non-hydrogen) atoms. The van der Waals surface area contributed by atoms with Crippen LogP contribution in [0.15, 0.2) is 49.6 Å². The molecule has 188 valence electrons. The molecule has 4 atom stereocenters. The highest BCUT2D eigenvalue weighted by atomic mass is 28.4. The third kappa shape index (κ3) is 8.73. The van der Waals surface area contributed by atoms with E-state index in [1.165, 1.54) is 0 Å². The Labute approximate surface area is 209 Å². The van der Waals surface area contributed by atoms with Gasteiger partial charge in [0.2, 0.25) is 0 Å². The summed E-state index contributed by atoms with van der Waals surface area (Å²) in [6.45, 7) is 29.6. The lowest BCUT2D eigenvalue weighted by Gasteiger charge is -2.29. The monoisotopic (exact) mass is 500 g/mol. The Kier molecular flexibility index (Phi) is 9.39. The minimum absolute atomic E-state index is 0.00487. The molecule has 2 aromatic carbocycles. The van der Waals surface area contributed by atoms with Crippen LogP contribution >= 0.6 is 0 Å². The SMILES string of the molecule is C=C(OC(C)C(C)O[Si](C)(C)C)c1ccc2ccc(C(=C)OC(C)C(C)O[Si](C)(C)C)cc2c1. The molecule has 2 rings (SSSR count). The summed E-state index contributed by atoms with van der Waals surface area (Å²) in [7, 11) is -3.27. The quantitative estimate of drug-likeness (QED) is 0.218. The molecule has 0 aliphatic rings. The van der Waals surface area contributed by atoms with Gasteiger partial charge in [-0.15, -0.1) is 0 Å². The van der Waals surface area contributed by atoms with Crippen LogP contribution in [-0.2, 0) is 18.3 Å². The molecule has 0 aliphatic heterocycles. The first-order valence-corrected chi connectivity index (χ1v) is 19.0. The van der Waals surface area contributed by atoms with Crippen molar-refractivity contribution in [3.63, 3.8) is 0 Å². The average molecular weight is 501 g/mol. The van der Waals surface area contributed by atoms with E-state index < -0.39 is 16.6 Å². The third-order valence-corrected chi connectivity index (χ3v) is 7.70. The fourth-order valence-corrected chi connectivity index (χ4v) is 6.29. The van der Waals surface area contributed by atoms with Gasteiger partial charge in [-0.2, -0.15) is 0 Å². The van der Waals surface area contributed by atoms with E-state index in [4.69, 9.17) is 18.3 Å². The molecule has 6 heteroatoms. The van der Waals surface area contributed by atoms with Crippen LogP contribution in [0.4, 0.5) is 0 Å². The maximum Gasteiger partial charge on any atom is 0.184 e. The zero-order valence-corrected chi connectivity index (χ0v) is 24.8. The molecule has 0 aromatic heterocycles. The maximum absolute atomic E-state index is 6.17. The minimum atomic E-state index is -1.63. The van der Waals surface area contributed by atoms with Gasteiger partial charge in [0, 0.05) is 11.1 Å². The second-order valence-electron chi connectivity index (χ2n) is 11.1. The van der Waals surface area contributed by atoms with E-state index in [9.17, 15) is 0 Å². The summed E-state index contributed by atoms with van der Waals surface area (Å²) >= 11 is 0. The van der Waals surface area contributed by atoms with Gasteiger partial charge in [-0.25, -0.2) is 0 Å². The molecule has 0 aliphatic carbocycles. The standard InChI is InChI=1S/C28H44O4Si2/c1-19(21(3)31-33(7,8)9)29-23(5)26-15-13-25-14-16-27(18-28(25)17-26)24(6)30-20(2)22(4)32-34(10,11)12/h13-22H,5-6H2,1-4,7-12H3. The summed E-state index contributed by atoms with van der Waals surface area (Å²) in [5, 5.41) is 2.22. The Morgan fingerprint density at radius 3 is 1.26 bits per heavy atom. The van der Waals surface area contributed by atoms with Crippen LogP contribution in [0.1, 0.15) is 38.8 Å². The van der Waals surface area contributed by atoms with Gasteiger partial charge < -0.3 is 18.3 Å². The second-order valence-corrected chi connectivity index (χ2v) is 20.1. The van der Waals surface area contributed by atoms with Crippen LogP contribution in [0.5, 0.6) is 0 Å². The Bertz CT molecular complexity index is 927. The molecular formula is C28H44O4Si2. The van der Waals surface area contributed by atoms with Crippen molar-refractivity contribution in [2.24, 2.45) is 0 Å². The predicted octanol–water partition coefficient (Wildman–Crippen LogP) is 8.07. The summed E-state index contributed by atoms with van der Waals surface area (Å²) in [6, 6.07) is 12.5. The molecule has 4 unspecified atom stereocenters. The molecule has 0 bridgehead atoms. The van der Waals surface area contributed by atoms with Crippen molar-refractivity contribution < 1.29 is 18.3 Å². The fraction of sp³-hybridized carbons (Fsp3) is 0.500. The number of rotatable bonds is 12. The van der Waals surface area contributed by atoms with E-state index in [1.807, 2.05) is 26.0 Å². The van der Waals surface area contributed by atoms with Crippen LogP contribution in [-0.4, -0.2) is 41.1 Å². The Hall–Kier alpha value is -1.87. The number of benzene rings is 2. The second kappa shape index (κ2) is 11.2. The van der Waals surface area contributed by atoms with Crippen molar-refractivity contribution in [2.75, 3.05) is 0 Å². The smallest absolute Gasteiger partial charge is 0.184 e. The largest absolute Gasteiger partial charge is 0.488 e. The summed E-state index contributed by atoms with van der Waals surface area (Å²) in [5.74, 6) is 1.29.